The topological polar surface area (TPSA) is 84.9 Å². The number of carboxylic acids is 1. The molecular formula is C18H19NO5. The van der Waals surface area contributed by atoms with Crippen molar-refractivity contribution in [2.75, 3.05) is 6.61 Å². The minimum atomic E-state index is -1.06. The van der Waals surface area contributed by atoms with Crippen LogP contribution in [0.2, 0.25) is 0 Å². The van der Waals surface area contributed by atoms with E-state index in [-0.39, 0.29) is 19.6 Å². The van der Waals surface area contributed by atoms with Crippen molar-refractivity contribution in [3.05, 3.63) is 71.8 Å². The highest BCUT2D eigenvalue weighted by Gasteiger charge is 2.18. The van der Waals surface area contributed by atoms with Crippen molar-refractivity contribution in [3.8, 4) is 0 Å². The van der Waals surface area contributed by atoms with Crippen molar-refractivity contribution in [3.63, 3.8) is 0 Å². The first-order valence-corrected chi connectivity index (χ1v) is 7.49. The van der Waals surface area contributed by atoms with Crippen LogP contribution in [0.4, 0.5) is 0 Å². The maximum atomic E-state index is 11.6. The van der Waals surface area contributed by atoms with E-state index in [1.807, 2.05) is 60.7 Å². The molecule has 1 atom stereocenters. The van der Waals surface area contributed by atoms with Gasteiger partial charge in [-0.25, -0.2) is 4.79 Å². The lowest BCUT2D eigenvalue weighted by Gasteiger charge is -2.14. The van der Waals surface area contributed by atoms with Crippen LogP contribution in [-0.4, -0.2) is 29.7 Å². The highest BCUT2D eigenvalue weighted by Crippen LogP contribution is 2.04. The van der Waals surface area contributed by atoms with Crippen LogP contribution in [0.3, 0.4) is 0 Å². The monoisotopic (exact) mass is 329 g/mol. The van der Waals surface area contributed by atoms with E-state index in [0.29, 0.717) is 0 Å². The van der Waals surface area contributed by atoms with E-state index in [1.54, 1.807) is 0 Å². The molecule has 2 rings (SSSR count). The molecule has 0 aliphatic carbocycles. The van der Waals surface area contributed by atoms with Gasteiger partial charge in [-0.05, 0) is 11.1 Å². The summed E-state index contributed by atoms with van der Waals surface area (Å²) in [7, 11) is 0. The zero-order valence-corrected chi connectivity index (χ0v) is 13.1. The van der Waals surface area contributed by atoms with Crippen molar-refractivity contribution in [1.82, 2.24) is 5.48 Å². The Morgan fingerprint density at radius 2 is 1.54 bits per heavy atom. The van der Waals surface area contributed by atoms with Gasteiger partial charge in [0.05, 0.1) is 0 Å². The largest absolute Gasteiger partial charge is 0.480 e. The summed E-state index contributed by atoms with van der Waals surface area (Å²) < 4.78 is 5.04. The summed E-state index contributed by atoms with van der Waals surface area (Å²) in [5, 5.41) is 9.19. The number of hydrogen-bond acceptors (Lipinski definition) is 5. The predicted octanol–water partition coefficient (Wildman–Crippen LogP) is 1.95. The highest BCUT2D eigenvalue weighted by atomic mass is 16.7. The lowest BCUT2D eigenvalue weighted by molar-refractivity contribution is -0.157. The summed E-state index contributed by atoms with van der Waals surface area (Å²) >= 11 is 0. The van der Waals surface area contributed by atoms with Gasteiger partial charge >= 0.3 is 11.9 Å². The Morgan fingerprint density at radius 1 is 0.958 bits per heavy atom. The third kappa shape index (κ3) is 6.20. The van der Waals surface area contributed by atoms with Crippen molar-refractivity contribution in [2.45, 2.75) is 19.1 Å². The van der Waals surface area contributed by atoms with E-state index >= 15 is 0 Å². The predicted molar refractivity (Wildman–Crippen MR) is 86.9 cm³/mol. The quantitative estimate of drug-likeness (QED) is 0.540. The second-order valence-corrected chi connectivity index (χ2v) is 5.13. The number of hydrogen-bond donors (Lipinski definition) is 2. The maximum absolute atomic E-state index is 11.6. The number of ether oxygens (including phenoxy) is 1. The fourth-order valence-corrected chi connectivity index (χ4v) is 2.01. The first-order valence-electron chi connectivity index (χ1n) is 7.49. The molecule has 0 aliphatic rings. The van der Waals surface area contributed by atoms with Gasteiger partial charge in [0.15, 0.2) is 6.61 Å². The number of rotatable bonds is 9. The van der Waals surface area contributed by atoms with Gasteiger partial charge in [-0.1, -0.05) is 60.7 Å². The molecule has 0 unspecified atom stereocenters. The molecule has 0 heterocycles. The third-order valence-electron chi connectivity index (χ3n) is 3.24. The number of esters is 1. The number of hydroxylamine groups is 1. The molecule has 2 N–H and O–H groups in total. The zero-order chi connectivity index (χ0) is 17.2. The van der Waals surface area contributed by atoms with Crippen LogP contribution in [0.15, 0.2) is 60.7 Å². The molecule has 0 saturated carbocycles. The molecule has 0 bridgehead atoms. The van der Waals surface area contributed by atoms with Gasteiger partial charge in [-0.15, -0.1) is 0 Å². The Labute approximate surface area is 140 Å². The lowest BCUT2D eigenvalue weighted by atomic mass is 10.1. The van der Waals surface area contributed by atoms with E-state index in [1.165, 1.54) is 0 Å². The molecule has 2 aromatic carbocycles. The summed E-state index contributed by atoms with van der Waals surface area (Å²) in [4.78, 5) is 27.8. The fourth-order valence-electron chi connectivity index (χ4n) is 2.01. The van der Waals surface area contributed by atoms with Crippen molar-refractivity contribution in [2.24, 2.45) is 0 Å². The van der Waals surface area contributed by atoms with Gasteiger partial charge in [-0.2, -0.15) is 5.48 Å². The Morgan fingerprint density at radius 3 is 2.12 bits per heavy atom. The van der Waals surface area contributed by atoms with E-state index < -0.39 is 18.0 Å². The van der Waals surface area contributed by atoms with Crippen molar-refractivity contribution < 1.29 is 24.3 Å². The van der Waals surface area contributed by atoms with Gasteiger partial charge < -0.3 is 9.84 Å². The van der Waals surface area contributed by atoms with E-state index in [9.17, 15) is 14.7 Å². The molecule has 6 nitrogen and oxygen atoms in total. The molecule has 0 saturated heterocycles. The smallest absolute Gasteiger partial charge is 0.334 e. The summed E-state index contributed by atoms with van der Waals surface area (Å²) in [6.07, 6.45) is 0.245. The Kier molecular flexibility index (Phi) is 6.94. The van der Waals surface area contributed by atoms with Crippen LogP contribution in [0, 0.1) is 0 Å². The minimum Gasteiger partial charge on any atom is -0.480 e. The summed E-state index contributed by atoms with van der Waals surface area (Å²) in [6.45, 7) is -0.221. The molecule has 24 heavy (non-hydrogen) atoms. The number of carbonyl (C=O) groups excluding carboxylic acids is 1. The van der Waals surface area contributed by atoms with Crippen LogP contribution in [0.1, 0.15) is 11.1 Å². The second kappa shape index (κ2) is 9.44. The highest BCUT2D eigenvalue weighted by molar-refractivity contribution is 5.74. The standard InChI is InChI=1S/C18H19NO5/c20-17(23-12-15-9-5-2-6-10-15)13-24-19-16(18(21)22)11-14-7-3-1-4-8-14/h1-10,16,19H,11-13H2,(H,21,22)/t16-/m0/s1. The number of benzene rings is 2. The van der Waals surface area contributed by atoms with Gasteiger partial charge in [0.2, 0.25) is 0 Å². The summed E-state index contributed by atoms with van der Waals surface area (Å²) in [5.74, 6) is -1.63. The first-order chi connectivity index (χ1) is 11.6. The van der Waals surface area contributed by atoms with Crippen LogP contribution >= 0.6 is 0 Å². The normalized spacial score (nSPS) is 11.7. The molecule has 2 aromatic rings. The van der Waals surface area contributed by atoms with Gasteiger partial charge in [0.1, 0.15) is 12.6 Å². The molecule has 0 fully saturated rings. The zero-order valence-electron chi connectivity index (χ0n) is 13.1. The third-order valence-corrected chi connectivity index (χ3v) is 3.24. The van der Waals surface area contributed by atoms with Crippen molar-refractivity contribution >= 4 is 11.9 Å². The van der Waals surface area contributed by atoms with Gasteiger partial charge in [0, 0.05) is 6.42 Å². The van der Waals surface area contributed by atoms with E-state index in [4.69, 9.17) is 9.57 Å². The van der Waals surface area contributed by atoms with E-state index in [2.05, 4.69) is 5.48 Å². The van der Waals surface area contributed by atoms with Crippen LogP contribution in [-0.2, 0) is 32.2 Å². The molecular weight excluding hydrogens is 310 g/mol. The molecule has 0 amide bonds. The molecule has 0 aromatic heterocycles. The summed E-state index contributed by atoms with van der Waals surface area (Å²) in [5.41, 5.74) is 4.12. The molecule has 0 spiro atoms. The maximum Gasteiger partial charge on any atom is 0.334 e. The Bertz CT molecular complexity index is 645. The van der Waals surface area contributed by atoms with E-state index in [0.717, 1.165) is 11.1 Å². The SMILES string of the molecule is O=C(CON[C@@H](Cc1ccccc1)C(=O)O)OCc1ccccc1. The second-order valence-electron chi connectivity index (χ2n) is 5.13. The van der Waals surface area contributed by atoms with Crippen molar-refractivity contribution in [1.29, 1.82) is 0 Å². The number of nitrogens with one attached hydrogen (secondary N) is 1. The van der Waals surface area contributed by atoms with Crippen LogP contribution in [0.25, 0.3) is 0 Å². The lowest BCUT2D eigenvalue weighted by Crippen LogP contribution is -2.39. The molecule has 0 radical (unpaired) electrons. The minimum absolute atomic E-state index is 0.148. The molecule has 126 valence electrons. The number of carbonyl (C=O) groups is 2. The van der Waals surface area contributed by atoms with Crippen LogP contribution in [0.5, 0.6) is 0 Å². The Hall–Kier alpha value is -2.70. The number of aliphatic carboxylic acids is 1. The molecule has 6 heteroatoms. The van der Waals surface area contributed by atoms with Gasteiger partial charge in [-0.3, -0.25) is 9.63 Å². The summed E-state index contributed by atoms with van der Waals surface area (Å²) in [6, 6.07) is 17.5. The number of carboxylic acid groups (broad SMARTS) is 1. The Balaban J connectivity index is 1.72. The van der Waals surface area contributed by atoms with Gasteiger partial charge in [0.25, 0.3) is 0 Å². The first kappa shape index (κ1) is 17.7. The van der Waals surface area contributed by atoms with Crippen LogP contribution < -0.4 is 5.48 Å². The molecule has 0 aliphatic heterocycles. The average Bonchev–Trinajstić information content (AvgIpc) is 2.61. The average molecular weight is 329 g/mol. The fraction of sp³-hybridized carbons (Fsp3) is 0.222.